The van der Waals surface area contributed by atoms with Gasteiger partial charge in [0.25, 0.3) is 5.69 Å². The maximum atomic E-state index is 12.6. The van der Waals surface area contributed by atoms with Crippen LogP contribution >= 0.6 is 0 Å². The number of imidazole rings is 1. The fourth-order valence-corrected chi connectivity index (χ4v) is 3.92. The number of benzene rings is 2. The van der Waals surface area contributed by atoms with Crippen LogP contribution in [0.15, 0.2) is 66.1 Å². The summed E-state index contributed by atoms with van der Waals surface area (Å²) in [5.41, 5.74) is 1.85. The molecule has 3 rings (SSSR count). The molecule has 8 nitrogen and oxygen atoms in total. The molecule has 0 saturated carbocycles. The van der Waals surface area contributed by atoms with E-state index in [-0.39, 0.29) is 10.6 Å². The highest BCUT2D eigenvalue weighted by molar-refractivity contribution is 7.89. The molecule has 27 heavy (non-hydrogen) atoms. The van der Waals surface area contributed by atoms with Gasteiger partial charge in [-0.3, -0.25) is 10.1 Å². The van der Waals surface area contributed by atoms with Crippen LogP contribution in [0.25, 0.3) is 5.69 Å². The van der Waals surface area contributed by atoms with Crippen LogP contribution < -0.4 is 4.72 Å². The van der Waals surface area contributed by atoms with Crippen LogP contribution in [-0.4, -0.2) is 22.9 Å². The molecule has 0 radical (unpaired) electrons. The predicted molar refractivity (Wildman–Crippen MR) is 100 cm³/mol. The number of rotatable bonds is 6. The summed E-state index contributed by atoms with van der Waals surface area (Å²) < 4.78 is 29.6. The second kappa shape index (κ2) is 7.29. The average molecular weight is 386 g/mol. The zero-order valence-corrected chi connectivity index (χ0v) is 15.6. The molecule has 1 aromatic heterocycles. The van der Waals surface area contributed by atoms with Gasteiger partial charge in [-0.2, -0.15) is 0 Å². The molecule has 1 heterocycles. The first-order chi connectivity index (χ1) is 12.8. The van der Waals surface area contributed by atoms with Gasteiger partial charge in [0.15, 0.2) is 0 Å². The third-order valence-electron chi connectivity index (χ3n) is 4.22. The van der Waals surface area contributed by atoms with E-state index < -0.39 is 21.0 Å². The van der Waals surface area contributed by atoms with Crippen molar-refractivity contribution in [3.63, 3.8) is 0 Å². The minimum Gasteiger partial charge on any atom is -0.306 e. The van der Waals surface area contributed by atoms with Crippen LogP contribution in [0.5, 0.6) is 0 Å². The lowest BCUT2D eigenvalue weighted by Gasteiger charge is -2.15. The van der Waals surface area contributed by atoms with E-state index in [4.69, 9.17) is 0 Å². The van der Waals surface area contributed by atoms with E-state index in [2.05, 4.69) is 9.71 Å². The van der Waals surface area contributed by atoms with Gasteiger partial charge in [0, 0.05) is 35.8 Å². The third kappa shape index (κ3) is 4.04. The van der Waals surface area contributed by atoms with Gasteiger partial charge in [0.1, 0.15) is 0 Å². The lowest BCUT2D eigenvalue weighted by molar-refractivity contribution is -0.385. The molecule has 0 fully saturated rings. The van der Waals surface area contributed by atoms with E-state index in [1.54, 1.807) is 26.4 Å². The van der Waals surface area contributed by atoms with E-state index in [0.29, 0.717) is 5.56 Å². The summed E-state index contributed by atoms with van der Waals surface area (Å²) in [7, 11) is -3.90. The minimum atomic E-state index is -3.90. The third-order valence-corrected chi connectivity index (χ3v) is 5.75. The summed E-state index contributed by atoms with van der Waals surface area (Å²) in [5, 5.41) is 11.1. The standard InChI is InChI=1S/C18H18N4O4S/c1-13-3-8-17(11-18(13)22(23)24)27(25,26)20-14(2)15-4-6-16(7-5-15)21-10-9-19-12-21/h3-12,14,20H,1-2H3/t14-/m1/s1. The second-order valence-corrected chi connectivity index (χ2v) is 7.82. The van der Waals surface area contributed by atoms with Crippen molar-refractivity contribution in [2.24, 2.45) is 0 Å². The monoisotopic (exact) mass is 386 g/mol. The first-order valence-corrected chi connectivity index (χ1v) is 9.62. The number of nitrogens with one attached hydrogen (secondary N) is 1. The molecular formula is C18H18N4O4S. The average Bonchev–Trinajstić information content (AvgIpc) is 3.16. The van der Waals surface area contributed by atoms with Crippen molar-refractivity contribution in [1.82, 2.24) is 14.3 Å². The summed E-state index contributed by atoms with van der Waals surface area (Å²) >= 11 is 0. The number of hydrogen-bond donors (Lipinski definition) is 1. The fraction of sp³-hybridized carbons (Fsp3) is 0.167. The Morgan fingerprint density at radius 3 is 2.48 bits per heavy atom. The molecule has 0 aliphatic heterocycles. The number of nitrogens with zero attached hydrogens (tertiary/aromatic N) is 3. The lowest BCUT2D eigenvalue weighted by atomic mass is 10.1. The molecule has 1 atom stereocenters. The molecule has 1 N–H and O–H groups in total. The van der Waals surface area contributed by atoms with Crippen LogP contribution in [0.2, 0.25) is 0 Å². The highest BCUT2D eigenvalue weighted by atomic mass is 32.2. The van der Waals surface area contributed by atoms with E-state index in [1.807, 2.05) is 35.0 Å². The molecule has 0 bridgehead atoms. The predicted octanol–water partition coefficient (Wildman–Crippen LogP) is 3.13. The van der Waals surface area contributed by atoms with Gasteiger partial charge in [-0.15, -0.1) is 0 Å². The first kappa shape index (κ1) is 18.7. The molecule has 0 spiro atoms. The zero-order valence-electron chi connectivity index (χ0n) is 14.7. The van der Waals surface area contributed by atoms with E-state index in [1.165, 1.54) is 12.1 Å². The number of aryl methyl sites for hydroxylation is 1. The molecular weight excluding hydrogens is 368 g/mol. The molecule has 140 valence electrons. The summed E-state index contributed by atoms with van der Waals surface area (Å²) in [6.45, 7) is 3.28. The zero-order chi connectivity index (χ0) is 19.6. The van der Waals surface area contributed by atoms with Gasteiger partial charge < -0.3 is 4.57 Å². The lowest BCUT2D eigenvalue weighted by Crippen LogP contribution is -2.27. The first-order valence-electron chi connectivity index (χ1n) is 8.13. The largest absolute Gasteiger partial charge is 0.306 e. The summed E-state index contributed by atoms with van der Waals surface area (Å²) in [5.74, 6) is 0. The Kier molecular flexibility index (Phi) is 5.06. The van der Waals surface area contributed by atoms with Crippen LogP contribution in [-0.2, 0) is 10.0 Å². The highest BCUT2D eigenvalue weighted by Crippen LogP contribution is 2.24. The van der Waals surface area contributed by atoms with Crippen molar-refractivity contribution in [2.45, 2.75) is 24.8 Å². The van der Waals surface area contributed by atoms with Crippen molar-refractivity contribution in [1.29, 1.82) is 0 Å². The van der Waals surface area contributed by atoms with Crippen molar-refractivity contribution < 1.29 is 13.3 Å². The molecule has 3 aromatic rings. The Hall–Kier alpha value is -3.04. The van der Waals surface area contributed by atoms with Gasteiger partial charge in [-0.25, -0.2) is 18.1 Å². The number of aromatic nitrogens is 2. The number of hydrogen-bond acceptors (Lipinski definition) is 5. The van der Waals surface area contributed by atoms with Crippen molar-refractivity contribution in [3.05, 3.63) is 82.4 Å². The number of nitro groups is 1. The van der Waals surface area contributed by atoms with Gasteiger partial charge in [-0.05, 0) is 37.6 Å². The highest BCUT2D eigenvalue weighted by Gasteiger charge is 2.22. The maximum Gasteiger partial charge on any atom is 0.273 e. The Bertz CT molecular complexity index is 1060. The Balaban J connectivity index is 1.81. The SMILES string of the molecule is Cc1ccc(S(=O)(=O)N[C@H](C)c2ccc(-n3ccnc3)cc2)cc1[N+](=O)[O-]. The Morgan fingerprint density at radius 1 is 1.19 bits per heavy atom. The minimum absolute atomic E-state index is 0.137. The quantitative estimate of drug-likeness (QED) is 0.517. The molecule has 9 heteroatoms. The summed E-state index contributed by atoms with van der Waals surface area (Å²) in [6.07, 6.45) is 5.16. The van der Waals surface area contributed by atoms with Gasteiger partial charge in [-0.1, -0.05) is 18.2 Å². The van der Waals surface area contributed by atoms with Crippen molar-refractivity contribution >= 4 is 15.7 Å². The van der Waals surface area contributed by atoms with Crippen LogP contribution in [0.1, 0.15) is 24.1 Å². The van der Waals surface area contributed by atoms with Crippen LogP contribution in [0.3, 0.4) is 0 Å². The van der Waals surface area contributed by atoms with Crippen LogP contribution in [0.4, 0.5) is 5.69 Å². The van der Waals surface area contributed by atoms with Crippen molar-refractivity contribution in [3.8, 4) is 5.69 Å². The van der Waals surface area contributed by atoms with Gasteiger partial charge in [0.05, 0.1) is 16.1 Å². The van der Waals surface area contributed by atoms with Crippen molar-refractivity contribution in [2.75, 3.05) is 0 Å². The fourth-order valence-electron chi connectivity index (χ4n) is 2.67. The van der Waals surface area contributed by atoms with Gasteiger partial charge in [0.2, 0.25) is 10.0 Å². The summed E-state index contributed by atoms with van der Waals surface area (Å²) in [4.78, 5) is 14.3. The topological polar surface area (TPSA) is 107 Å². The van der Waals surface area contributed by atoms with Crippen LogP contribution in [0, 0.1) is 17.0 Å². The Morgan fingerprint density at radius 2 is 1.89 bits per heavy atom. The smallest absolute Gasteiger partial charge is 0.273 e. The molecule has 0 unspecified atom stereocenters. The molecule has 0 aliphatic rings. The van der Waals surface area contributed by atoms with E-state index in [0.717, 1.165) is 17.3 Å². The van der Waals surface area contributed by atoms with E-state index in [9.17, 15) is 18.5 Å². The molecule has 2 aromatic carbocycles. The van der Waals surface area contributed by atoms with Gasteiger partial charge >= 0.3 is 0 Å². The normalized spacial score (nSPS) is 12.7. The number of sulfonamides is 1. The maximum absolute atomic E-state index is 12.6. The number of nitro benzene ring substituents is 1. The summed E-state index contributed by atoms with van der Waals surface area (Å²) in [6, 6.07) is 10.7. The molecule has 0 aliphatic carbocycles. The second-order valence-electron chi connectivity index (χ2n) is 6.11. The van der Waals surface area contributed by atoms with E-state index >= 15 is 0 Å². The molecule has 0 saturated heterocycles. The Labute approximate surface area is 156 Å². The molecule has 0 amide bonds.